The highest BCUT2D eigenvalue weighted by Crippen LogP contribution is 2.22. The van der Waals surface area contributed by atoms with E-state index < -0.39 is 5.91 Å². The number of rotatable bonds is 6. The Morgan fingerprint density at radius 1 is 1.45 bits per heavy atom. The maximum atomic E-state index is 11.0. The predicted molar refractivity (Wildman–Crippen MR) is 78.7 cm³/mol. The maximum absolute atomic E-state index is 11.0. The Labute approximate surface area is 119 Å². The zero-order valence-electron chi connectivity index (χ0n) is 12.0. The molecule has 0 radical (unpaired) electrons. The highest BCUT2D eigenvalue weighted by molar-refractivity contribution is 5.90. The molecule has 1 amide bonds. The quantitative estimate of drug-likeness (QED) is 0.756. The van der Waals surface area contributed by atoms with Crippen molar-refractivity contribution in [3.8, 4) is 0 Å². The van der Waals surface area contributed by atoms with Gasteiger partial charge in [-0.1, -0.05) is 6.92 Å². The van der Waals surface area contributed by atoms with Crippen molar-refractivity contribution in [2.45, 2.75) is 38.6 Å². The molecule has 1 unspecified atom stereocenters. The molecule has 3 N–H and O–H groups in total. The number of primary amides is 1. The lowest BCUT2D eigenvalue weighted by molar-refractivity contribution is 0.0994. The average Bonchev–Trinajstić information content (AvgIpc) is 2.48. The van der Waals surface area contributed by atoms with Gasteiger partial charge in [0, 0.05) is 19.1 Å². The molecule has 1 atom stereocenters. The summed E-state index contributed by atoms with van der Waals surface area (Å²) in [6.07, 6.45) is 4.72. The van der Waals surface area contributed by atoms with Crippen LogP contribution in [0.25, 0.3) is 0 Å². The smallest absolute Gasteiger partial charge is 0.269 e. The number of aromatic nitrogens is 2. The fraction of sp³-hybridized carbons (Fsp3) is 0.643. The zero-order valence-corrected chi connectivity index (χ0v) is 12.0. The molecule has 2 heterocycles. The molecule has 0 aromatic carbocycles. The van der Waals surface area contributed by atoms with Crippen LogP contribution in [0.15, 0.2) is 12.1 Å². The molecule has 0 bridgehead atoms. The van der Waals surface area contributed by atoms with E-state index in [9.17, 15) is 4.79 Å². The van der Waals surface area contributed by atoms with Gasteiger partial charge < -0.3 is 16.0 Å². The third kappa shape index (κ3) is 3.66. The number of piperidine rings is 1. The summed E-state index contributed by atoms with van der Waals surface area (Å²) < 4.78 is 0. The first-order valence-corrected chi connectivity index (χ1v) is 7.33. The molecule has 0 saturated carbocycles. The van der Waals surface area contributed by atoms with Crippen molar-refractivity contribution >= 4 is 11.7 Å². The lowest BCUT2D eigenvalue weighted by Crippen LogP contribution is -2.46. The highest BCUT2D eigenvalue weighted by atomic mass is 16.1. The minimum absolute atomic E-state index is 0.214. The monoisotopic (exact) mass is 277 g/mol. The van der Waals surface area contributed by atoms with Gasteiger partial charge in [0.05, 0.1) is 0 Å². The lowest BCUT2D eigenvalue weighted by Gasteiger charge is -2.36. The molecule has 6 heteroatoms. The molecule has 1 saturated heterocycles. The number of nitrogens with two attached hydrogens (primary N) is 1. The second-order valence-corrected chi connectivity index (χ2v) is 5.19. The second-order valence-electron chi connectivity index (χ2n) is 5.19. The first-order chi connectivity index (χ1) is 9.72. The summed E-state index contributed by atoms with van der Waals surface area (Å²) in [6.45, 7) is 5.16. The zero-order chi connectivity index (χ0) is 14.4. The van der Waals surface area contributed by atoms with E-state index in [-0.39, 0.29) is 5.69 Å². The minimum atomic E-state index is -0.538. The second kappa shape index (κ2) is 7.19. The van der Waals surface area contributed by atoms with Crippen LogP contribution in [-0.4, -0.2) is 41.8 Å². The molecule has 1 fully saturated rings. The molecule has 1 aromatic heterocycles. The number of carbonyl (C=O) groups excluding carboxylic acids is 1. The van der Waals surface area contributed by atoms with Crippen molar-refractivity contribution in [3.05, 3.63) is 17.8 Å². The largest absolute Gasteiger partial charge is 0.364 e. The van der Waals surface area contributed by atoms with E-state index in [0.29, 0.717) is 6.04 Å². The van der Waals surface area contributed by atoms with E-state index in [2.05, 4.69) is 27.3 Å². The van der Waals surface area contributed by atoms with Crippen LogP contribution in [0, 0.1) is 0 Å². The Hall–Kier alpha value is -1.69. The van der Waals surface area contributed by atoms with Crippen LogP contribution in [0.5, 0.6) is 0 Å². The van der Waals surface area contributed by atoms with Crippen LogP contribution >= 0.6 is 0 Å². The Kier molecular flexibility index (Phi) is 5.29. The summed E-state index contributed by atoms with van der Waals surface area (Å²) in [5, 5.41) is 11.5. The highest BCUT2D eigenvalue weighted by Gasteiger charge is 2.23. The Bertz CT molecular complexity index is 434. The molecule has 1 aliphatic rings. The van der Waals surface area contributed by atoms with Gasteiger partial charge in [-0.15, -0.1) is 10.2 Å². The van der Waals surface area contributed by atoms with Gasteiger partial charge >= 0.3 is 0 Å². The first-order valence-electron chi connectivity index (χ1n) is 7.33. The van der Waals surface area contributed by atoms with Gasteiger partial charge in [0.15, 0.2) is 11.5 Å². The molecule has 1 aliphatic heterocycles. The summed E-state index contributed by atoms with van der Waals surface area (Å²) in [5.41, 5.74) is 5.40. The molecule has 1 aromatic rings. The number of hydrogen-bond donors (Lipinski definition) is 2. The van der Waals surface area contributed by atoms with E-state index in [0.717, 1.165) is 38.3 Å². The number of nitrogens with zero attached hydrogens (tertiary/aromatic N) is 3. The minimum Gasteiger partial charge on any atom is -0.364 e. The van der Waals surface area contributed by atoms with Gasteiger partial charge in [0.25, 0.3) is 5.91 Å². The summed E-state index contributed by atoms with van der Waals surface area (Å²) in [4.78, 5) is 13.3. The normalized spacial score (nSPS) is 19.1. The van der Waals surface area contributed by atoms with Crippen molar-refractivity contribution in [2.75, 3.05) is 24.5 Å². The van der Waals surface area contributed by atoms with Crippen molar-refractivity contribution in [1.29, 1.82) is 0 Å². The number of anilines is 1. The topological polar surface area (TPSA) is 84.1 Å². The van der Waals surface area contributed by atoms with Gasteiger partial charge in [-0.25, -0.2) is 0 Å². The van der Waals surface area contributed by atoms with Crippen molar-refractivity contribution < 1.29 is 4.79 Å². The molecule has 110 valence electrons. The van der Waals surface area contributed by atoms with Crippen LogP contribution in [0.4, 0.5) is 5.82 Å². The lowest BCUT2D eigenvalue weighted by atomic mass is 10.0. The SMILES string of the molecule is CCCNCC1CCCCN1c1ccc(C(N)=O)nn1. The molecule has 0 spiro atoms. The predicted octanol–water partition coefficient (Wildman–Crippen LogP) is 0.934. The van der Waals surface area contributed by atoms with E-state index in [4.69, 9.17) is 5.73 Å². The molecule has 2 rings (SSSR count). The van der Waals surface area contributed by atoms with Crippen LogP contribution in [0.3, 0.4) is 0 Å². The molecular weight excluding hydrogens is 254 g/mol. The third-order valence-corrected chi connectivity index (χ3v) is 3.63. The molecule has 6 nitrogen and oxygen atoms in total. The van der Waals surface area contributed by atoms with Crippen molar-refractivity contribution in [3.63, 3.8) is 0 Å². The number of amides is 1. The van der Waals surface area contributed by atoms with Gasteiger partial charge in [0.2, 0.25) is 0 Å². The van der Waals surface area contributed by atoms with Gasteiger partial charge in [-0.3, -0.25) is 4.79 Å². The molecular formula is C14H23N5O. The van der Waals surface area contributed by atoms with E-state index in [1.807, 2.05) is 6.07 Å². The van der Waals surface area contributed by atoms with E-state index in [1.54, 1.807) is 6.07 Å². The average molecular weight is 277 g/mol. The van der Waals surface area contributed by atoms with E-state index in [1.165, 1.54) is 12.8 Å². The van der Waals surface area contributed by atoms with Gasteiger partial charge in [-0.2, -0.15) is 0 Å². The molecule has 0 aliphatic carbocycles. The Balaban J connectivity index is 2.04. The summed E-state index contributed by atoms with van der Waals surface area (Å²) in [5.74, 6) is 0.293. The fourth-order valence-electron chi connectivity index (χ4n) is 2.57. The summed E-state index contributed by atoms with van der Waals surface area (Å²) >= 11 is 0. The molecule has 20 heavy (non-hydrogen) atoms. The number of carbonyl (C=O) groups is 1. The van der Waals surface area contributed by atoms with Crippen molar-refractivity contribution in [1.82, 2.24) is 15.5 Å². The van der Waals surface area contributed by atoms with E-state index >= 15 is 0 Å². The Morgan fingerprint density at radius 3 is 2.95 bits per heavy atom. The van der Waals surface area contributed by atoms with Gasteiger partial charge in [-0.05, 0) is 44.4 Å². The third-order valence-electron chi connectivity index (χ3n) is 3.63. The standard InChI is InChI=1S/C14H23N5O/c1-2-8-16-10-11-5-3-4-9-19(11)13-7-6-12(14(15)20)17-18-13/h6-7,11,16H,2-5,8-10H2,1H3,(H2,15,20). The van der Waals surface area contributed by atoms with Crippen LogP contribution in [-0.2, 0) is 0 Å². The summed E-state index contributed by atoms with van der Waals surface area (Å²) in [6, 6.07) is 3.94. The maximum Gasteiger partial charge on any atom is 0.269 e. The Morgan fingerprint density at radius 2 is 2.30 bits per heavy atom. The van der Waals surface area contributed by atoms with Crippen LogP contribution in [0.1, 0.15) is 43.1 Å². The first kappa shape index (κ1) is 14.7. The van der Waals surface area contributed by atoms with Crippen LogP contribution in [0.2, 0.25) is 0 Å². The van der Waals surface area contributed by atoms with Crippen LogP contribution < -0.4 is 16.0 Å². The van der Waals surface area contributed by atoms with Gasteiger partial charge in [0.1, 0.15) is 0 Å². The number of hydrogen-bond acceptors (Lipinski definition) is 5. The summed E-state index contributed by atoms with van der Waals surface area (Å²) in [7, 11) is 0. The fourth-order valence-corrected chi connectivity index (χ4v) is 2.57. The number of nitrogens with one attached hydrogen (secondary N) is 1. The van der Waals surface area contributed by atoms with Crippen molar-refractivity contribution in [2.24, 2.45) is 5.73 Å².